The Labute approximate surface area is 83.8 Å². The molecule has 2 heterocycles. The molecule has 0 saturated carbocycles. The predicted octanol–water partition coefficient (Wildman–Crippen LogP) is 0.496. The van der Waals surface area contributed by atoms with Crippen molar-refractivity contribution in [2.24, 2.45) is 0 Å². The Bertz CT molecular complexity index is 264. The van der Waals surface area contributed by atoms with Gasteiger partial charge in [0.15, 0.2) is 5.72 Å². The van der Waals surface area contributed by atoms with Gasteiger partial charge >= 0.3 is 0 Å². The number of carbonyl (C=O) groups excluding carboxylic acids is 1. The first kappa shape index (κ1) is 9.93. The van der Waals surface area contributed by atoms with Crippen LogP contribution in [0.5, 0.6) is 0 Å². The lowest BCUT2D eigenvalue weighted by Crippen LogP contribution is -2.55. The summed E-state index contributed by atoms with van der Waals surface area (Å²) in [5.74, 6) is 0.108. The first-order chi connectivity index (χ1) is 6.53. The molecule has 2 saturated heterocycles. The molecule has 4 nitrogen and oxygen atoms in total. The van der Waals surface area contributed by atoms with Gasteiger partial charge in [-0.2, -0.15) is 0 Å². The molecule has 0 aromatic heterocycles. The molecule has 0 bridgehead atoms. The maximum atomic E-state index is 11.6. The molecule has 2 rings (SSSR count). The zero-order chi connectivity index (χ0) is 10.4. The highest BCUT2D eigenvalue weighted by Gasteiger charge is 2.61. The molecule has 2 atom stereocenters. The average Bonchev–Trinajstić information content (AvgIpc) is 2.54. The van der Waals surface area contributed by atoms with Gasteiger partial charge in [-0.25, -0.2) is 0 Å². The molecular weight excluding hydrogens is 182 g/mol. The Hall–Kier alpha value is -0.610. The van der Waals surface area contributed by atoms with Crippen molar-refractivity contribution in [1.29, 1.82) is 0 Å². The number of carbonyl (C=O) groups is 1. The van der Waals surface area contributed by atoms with Crippen molar-refractivity contribution in [3.63, 3.8) is 0 Å². The van der Waals surface area contributed by atoms with E-state index in [1.54, 1.807) is 11.8 Å². The Kier molecular flexibility index (Phi) is 2.08. The van der Waals surface area contributed by atoms with E-state index in [0.29, 0.717) is 32.4 Å². The summed E-state index contributed by atoms with van der Waals surface area (Å²) < 4.78 is 5.66. The molecule has 0 aromatic carbocycles. The normalized spacial score (nSPS) is 41.9. The van der Waals surface area contributed by atoms with E-state index in [1.807, 2.05) is 6.92 Å². The molecule has 2 aliphatic rings. The van der Waals surface area contributed by atoms with Crippen LogP contribution in [0.3, 0.4) is 0 Å². The summed E-state index contributed by atoms with van der Waals surface area (Å²) >= 11 is 0. The van der Waals surface area contributed by atoms with E-state index in [1.165, 1.54) is 0 Å². The zero-order valence-electron chi connectivity index (χ0n) is 8.75. The van der Waals surface area contributed by atoms with Gasteiger partial charge in [0, 0.05) is 26.0 Å². The van der Waals surface area contributed by atoms with Crippen molar-refractivity contribution in [1.82, 2.24) is 4.90 Å². The summed E-state index contributed by atoms with van der Waals surface area (Å²) in [6, 6.07) is 0. The number of fused-ring (bicyclic) bond motifs is 1. The molecule has 2 unspecified atom stereocenters. The van der Waals surface area contributed by atoms with Gasteiger partial charge < -0.3 is 14.7 Å². The van der Waals surface area contributed by atoms with Crippen LogP contribution in [0.25, 0.3) is 0 Å². The predicted molar refractivity (Wildman–Crippen MR) is 50.5 cm³/mol. The van der Waals surface area contributed by atoms with E-state index in [9.17, 15) is 9.90 Å². The lowest BCUT2D eigenvalue weighted by molar-refractivity contribution is -0.205. The first-order valence-electron chi connectivity index (χ1n) is 5.20. The van der Waals surface area contributed by atoms with Crippen LogP contribution in [-0.2, 0) is 9.53 Å². The van der Waals surface area contributed by atoms with Gasteiger partial charge in [-0.05, 0) is 20.3 Å². The summed E-state index contributed by atoms with van der Waals surface area (Å²) in [6.45, 7) is 4.80. The fourth-order valence-electron chi connectivity index (χ4n) is 2.68. The minimum atomic E-state index is -0.894. The number of amides is 1. The van der Waals surface area contributed by atoms with Crippen molar-refractivity contribution in [2.45, 2.75) is 44.4 Å². The molecule has 0 aliphatic carbocycles. The highest BCUT2D eigenvalue weighted by atomic mass is 16.5. The van der Waals surface area contributed by atoms with Gasteiger partial charge in [0.2, 0.25) is 5.91 Å². The highest BCUT2D eigenvalue weighted by molar-refractivity contribution is 5.80. The third kappa shape index (κ3) is 1.04. The van der Waals surface area contributed by atoms with Crippen molar-refractivity contribution >= 4 is 5.91 Å². The van der Waals surface area contributed by atoms with Crippen LogP contribution in [0.15, 0.2) is 0 Å². The maximum Gasteiger partial charge on any atom is 0.225 e. The maximum absolute atomic E-state index is 11.6. The molecule has 1 amide bonds. The molecule has 2 fully saturated rings. The minimum Gasteiger partial charge on any atom is -0.385 e. The fraction of sp³-hybridized carbons (Fsp3) is 0.900. The van der Waals surface area contributed by atoms with Gasteiger partial charge in [0.05, 0.1) is 0 Å². The van der Waals surface area contributed by atoms with Crippen LogP contribution in [0, 0.1) is 0 Å². The Balaban J connectivity index is 2.34. The largest absolute Gasteiger partial charge is 0.385 e. The number of ether oxygens (including phenoxy) is 1. The number of hydrogen-bond acceptors (Lipinski definition) is 3. The SMILES string of the molecule is CCOC12CCC(=O)N1CCC2(C)O. The van der Waals surface area contributed by atoms with Crippen LogP contribution in [-0.4, -0.2) is 40.4 Å². The summed E-state index contributed by atoms with van der Waals surface area (Å²) in [5.41, 5.74) is -1.63. The minimum absolute atomic E-state index is 0.108. The summed E-state index contributed by atoms with van der Waals surface area (Å²) in [6.07, 6.45) is 1.72. The van der Waals surface area contributed by atoms with Gasteiger partial charge in [0.25, 0.3) is 0 Å². The summed E-state index contributed by atoms with van der Waals surface area (Å²) in [4.78, 5) is 13.3. The zero-order valence-corrected chi connectivity index (χ0v) is 8.75. The molecule has 1 N–H and O–H groups in total. The monoisotopic (exact) mass is 199 g/mol. The van der Waals surface area contributed by atoms with Gasteiger partial charge in [-0.1, -0.05) is 0 Å². The van der Waals surface area contributed by atoms with Crippen LogP contribution >= 0.6 is 0 Å². The van der Waals surface area contributed by atoms with E-state index in [-0.39, 0.29) is 5.91 Å². The Morgan fingerprint density at radius 3 is 2.93 bits per heavy atom. The van der Waals surface area contributed by atoms with Gasteiger partial charge in [-0.3, -0.25) is 4.79 Å². The van der Waals surface area contributed by atoms with Crippen molar-refractivity contribution in [3.05, 3.63) is 0 Å². The summed E-state index contributed by atoms with van der Waals surface area (Å²) in [5, 5.41) is 10.2. The number of aliphatic hydroxyl groups is 1. The quantitative estimate of drug-likeness (QED) is 0.704. The van der Waals surface area contributed by atoms with E-state index in [4.69, 9.17) is 4.74 Å². The van der Waals surface area contributed by atoms with Crippen LogP contribution in [0.4, 0.5) is 0 Å². The molecule has 14 heavy (non-hydrogen) atoms. The summed E-state index contributed by atoms with van der Waals surface area (Å²) in [7, 11) is 0. The number of nitrogens with zero attached hydrogens (tertiary/aromatic N) is 1. The van der Waals surface area contributed by atoms with Crippen LogP contribution in [0.2, 0.25) is 0 Å². The van der Waals surface area contributed by atoms with Crippen molar-refractivity contribution in [3.8, 4) is 0 Å². The first-order valence-corrected chi connectivity index (χ1v) is 5.20. The Morgan fingerprint density at radius 2 is 2.29 bits per heavy atom. The molecule has 0 radical (unpaired) electrons. The fourth-order valence-corrected chi connectivity index (χ4v) is 2.68. The topological polar surface area (TPSA) is 49.8 Å². The van der Waals surface area contributed by atoms with E-state index in [2.05, 4.69) is 0 Å². The van der Waals surface area contributed by atoms with E-state index >= 15 is 0 Å². The lowest BCUT2D eigenvalue weighted by Gasteiger charge is -2.40. The standard InChI is InChI=1S/C10H17NO3/c1-3-14-10-5-4-8(12)11(10)7-6-9(10,2)13/h13H,3-7H2,1-2H3. The molecule has 4 heteroatoms. The van der Waals surface area contributed by atoms with Gasteiger partial charge in [-0.15, -0.1) is 0 Å². The molecule has 0 aromatic rings. The molecule has 80 valence electrons. The van der Waals surface area contributed by atoms with Crippen molar-refractivity contribution in [2.75, 3.05) is 13.2 Å². The van der Waals surface area contributed by atoms with Crippen LogP contribution in [0.1, 0.15) is 33.1 Å². The lowest BCUT2D eigenvalue weighted by atomic mass is 9.91. The number of hydrogen-bond donors (Lipinski definition) is 1. The van der Waals surface area contributed by atoms with E-state index in [0.717, 1.165) is 0 Å². The Morgan fingerprint density at radius 1 is 1.57 bits per heavy atom. The second kappa shape index (κ2) is 2.94. The van der Waals surface area contributed by atoms with E-state index < -0.39 is 11.3 Å². The second-order valence-electron chi connectivity index (χ2n) is 4.29. The third-order valence-corrected chi connectivity index (χ3v) is 3.46. The van der Waals surface area contributed by atoms with Crippen LogP contribution < -0.4 is 0 Å². The average molecular weight is 199 g/mol. The number of rotatable bonds is 2. The smallest absolute Gasteiger partial charge is 0.225 e. The van der Waals surface area contributed by atoms with Crippen molar-refractivity contribution < 1.29 is 14.6 Å². The second-order valence-corrected chi connectivity index (χ2v) is 4.29. The third-order valence-electron chi connectivity index (χ3n) is 3.46. The molecular formula is C10H17NO3. The molecule has 2 aliphatic heterocycles. The van der Waals surface area contributed by atoms with Gasteiger partial charge in [0.1, 0.15) is 5.60 Å². The molecule has 0 spiro atoms. The highest BCUT2D eigenvalue weighted by Crippen LogP contribution is 2.46.